The summed E-state index contributed by atoms with van der Waals surface area (Å²) in [6.07, 6.45) is 1.54. The van der Waals surface area contributed by atoms with Gasteiger partial charge in [-0.1, -0.05) is 42.5 Å². The molecule has 0 unspecified atom stereocenters. The monoisotopic (exact) mass is 583 g/mol. The van der Waals surface area contributed by atoms with E-state index in [-0.39, 0.29) is 5.70 Å². The van der Waals surface area contributed by atoms with Crippen LogP contribution in [0.1, 0.15) is 11.1 Å². The first-order valence-corrected chi connectivity index (χ1v) is 11.8. The van der Waals surface area contributed by atoms with Crippen LogP contribution >= 0.6 is 22.6 Å². The van der Waals surface area contributed by atoms with Crippen LogP contribution < -0.4 is 20.1 Å². The summed E-state index contributed by atoms with van der Waals surface area (Å²) in [4.78, 5) is 38.7. The number of halogens is 1. The van der Waals surface area contributed by atoms with Crippen LogP contribution in [-0.4, -0.2) is 36.4 Å². The number of nitrogens with zero attached hydrogens (tertiary/aromatic N) is 1. The molecule has 3 aromatic rings. The van der Waals surface area contributed by atoms with Gasteiger partial charge >= 0.3 is 6.03 Å². The number of urea groups is 1. The highest BCUT2D eigenvalue weighted by atomic mass is 127. The largest absolute Gasteiger partial charge is 0.495 e. The number of hydrogen-bond acceptors (Lipinski definition) is 5. The lowest BCUT2D eigenvalue weighted by Crippen LogP contribution is -2.38. The molecule has 0 radical (unpaired) electrons. The maximum absolute atomic E-state index is 12.9. The fraction of sp³-hybridized carbons (Fsp3) is 0.115. The van der Waals surface area contributed by atoms with Crippen LogP contribution in [0.2, 0.25) is 0 Å². The van der Waals surface area contributed by atoms with Crippen LogP contribution in [0.4, 0.5) is 10.5 Å². The van der Waals surface area contributed by atoms with E-state index in [0.717, 1.165) is 14.0 Å². The molecule has 4 amide bonds. The minimum atomic E-state index is -0.672. The Bertz CT molecular complexity index is 1290. The number of nitrogens with one attached hydrogen (secondary N) is 2. The molecule has 3 aromatic carbocycles. The number of ether oxygens (including phenoxy) is 2. The van der Waals surface area contributed by atoms with Crippen LogP contribution in [-0.2, 0) is 16.2 Å². The molecule has 1 aliphatic rings. The number of benzene rings is 3. The maximum atomic E-state index is 12.9. The highest BCUT2D eigenvalue weighted by Crippen LogP contribution is 2.25. The molecule has 8 nitrogen and oxygen atoms in total. The molecule has 1 aliphatic heterocycles. The molecule has 0 aliphatic carbocycles. The molecule has 9 heteroatoms. The number of para-hydroxylation sites is 3. The first-order valence-electron chi connectivity index (χ1n) is 10.7. The summed E-state index contributed by atoms with van der Waals surface area (Å²) < 4.78 is 12.3. The zero-order chi connectivity index (χ0) is 24.8. The third-order valence-corrected chi connectivity index (χ3v) is 5.89. The van der Waals surface area contributed by atoms with E-state index in [2.05, 4.69) is 33.2 Å². The number of rotatable bonds is 8. The van der Waals surface area contributed by atoms with Crippen LogP contribution in [0.15, 0.2) is 78.5 Å². The second kappa shape index (κ2) is 11.0. The van der Waals surface area contributed by atoms with Gasteiger partial charge in [-0.05, 0) is 64.6 Å². The SMILES string of the molecule is COc1ccccc1NC(=O)CN1C(=O)N/C(=C/c2ccccc2OCc2ccc(I)cc2)C1=O. The van der Waals surface area contributed by atoms with Crippen LogP contribution in [0.5, 0.6) is 11.5 Å². The van der Waals surface area contributed by atoms with Gasteiger partial charge in [0, 0.05) is 9.13 Å². The minimum absolute atomic E-state index is 0.0606. The van der Waals surface area contributed by atoms with Gasteiger partial charge in [0.05, 0.1) is 12.8 Å². The molecule has 4 rings (SSSR count). The maximum Gasteiger partial charge on any atom is 0.329 e. The van der Waals surface area contributed by atoms with Gasteiger partial charge in [-0.15, -0.1) is 0 Å². The van der Waals surface area contributed by atoms with Gasteiger partial charge in [0.25, 0.3) is 5.91 Å². The van der Waals surface area contributed by atoms with E-state index in [1.165, 1.54) is 7.11 Å². The molecular weight excluding hydrogens is 561 g/mol. The third kappa shape index (κ3) is 5.99. The van der Waals surface area contributed by atoms with Gasteiger partial charge in [0.1, 0.15) is 30.3 Å². The molecule has 0 aromatic heterocycles. The fourth-order valence-corrected chi connectivity index (χ4v) is 3.78. The van der Waals surface area contributed by atoms with E-state index < -0.39 is 24.4 Å². The summed E-state index contributed by atoms with van der Waals surface area (Å²) in [5.74, 6) is -0.0911. The standard InChI is InChI=1S/C26H22IN3O5/c1-34-23-9-5-3-7-20(23)28-24(31)15-30-25(32)21(29-26(30)33)14-18-6-2-4-8-22(18)35-16-17-10-12-19(27)13-11-17/h2-14H,15-16H2,1H3,(H,28,31)(H,29,33)/b21-14+. The fourth-order valence-electron chi connectivity index (χ4n) is 3.42. The molecule has 1 saturated heterocycles. The zero-order valence-electron chi connectivity index (χ0n) is 18.8. The lowest BCUT2D eigenvalue weighted by Gasteiger charge is -2.13. The number of anilines is 1. The van der Waals surface area contributed by atoms with Crippen molar-refractivity contribution in [2.24, 2.45) is 0 Å². The molecule has 1 heterocycles. The summed E-state index contributed by atoms with van der Waals surface area (Å²) >= 11 is 2.24. The van der Waals surface area contributed by atoms with Gasteiger partial charge in [0.2, 0.25) is 5.91 Å². The zero-order valence-corrected chi connectivity index (χ0v) is 20.9. The molecule has 2 N–H and O–H groups in total. The lowest BCUT2D eigenvalue weighted by atomic mass is 10.1. The van der Waals surface area contributed by atoms with Crippen LogP contribution in [0, 0.1) is 3.57 Å². The summed E-state index contributed by atoms with van der Waals surface area (Å²) in [5.41, 5.74) is 2.14. The minimum Gasteiger partial charge on any atom is -0.495 e. The number of imide groups is 1. The molecular formula is C26H22IN3O5. The number of hydrogen-bond donors (Lipinski definition) is 2. The third-order valence-electron chi connectivity index (χ3n) is 5.17. The molecule has 35 heavy (non-hydrogen) atoms. The Balaban J connectivity index is 1.45. The molecule has 0 spiro atoms. The first kappa shape index (κ1) is 24.3. The first-order chi connectivity index (χ1) is 16.9. The van der Waals surface area contributed by atoms with Crippen molar-refractivity contribution >= 4 is 52.2 Å². The highest BCUT2D eigenvalue weighted by Gasteiger charge is 2.35. The smallest absolute Gasteiger partial charge is 0.329 e. The van der Waals surface area contributed by atoms with Gasteiger partial charge in [-0.25, -0.2) is 9.69 Å². The van der Waals surface area contributed by atoms with E-state index in [1.807, 2.05) is 36.4 Å². The van der Waals surface area contributed by atoms with Crippen molar-refractivity contribution in [3.05, 3.63) is 93.2 Å². The molecule has 1 fully saturated rings. The van der Waals surface area contributed by atoms with Gasteiger partial charge in [-0.3, -0.25) is 9.59 Å². The average Bonchev–Trinajstić information content (AvgIpc) is 3.12. The Kier molecular flexibility index (Phi) is 7.66. The van der Waals surface area contributed by atoms with E-state index >= 15 is 0 Å². The summed E-state index contributed by atoms with van der Waals surface area (Å²) in [6.45, 7) is -0.0856. The van der Waals surface area contributed by atoms with Crippen molar-refractivity contribution < 1.29 is 23.9 Å². The number of methoxy groups -OCH3 is 1. The molecule has 0 bridgehead atoms. The normalized spacial score (nSPS) is 14.1. The molecule has 0 saturated carbocycles. The van der Waals surface area contributed by atoms with Gasteiger partial charge < -0.3 is 20.1 Å². The second-order valence-electron chi connectivity index (χ2n) is 7.58. The van der Waals surface area contributed by atoms with Crippen LogP contribution in [0.3, 0.4) is 0 Å². The number of carbonyl (C=O) groups excluding carboxylic acids is 3. The van der Waals surface area contributed by atoms with E-state index in [0.29, 0.717) is 29.4 Å². The Morgan fingerprint density at radius 3 is 2.43 bits per heavy atom. The number of carbonyl (C=O) groups is 3. The quantitative estimate of drug-likeness (QED) is 0.233. The average molecular weight is 583 g/mol. The predicted molar refractivity (Wildman–Crippen MR) is 140 cm³/mol. The highest BCUT2D eigenvalue weighted by molar-refractivity contribution is 14.1. The van der Waals surface area contributed by atoms with E-state index in [1.54, 1.807) is 42.5 Å². The topological polar surface area (TPSA) is 97.0 Å². The lowest BCUT2D eigenvalue weighted by molar-refractivity contribution is -0.127. The Morgan fingerprint density at radius 2 is 1.69 bits per heavy atom. The van der Waals surface area contributed by atoms with Crippen molar-refractivity contribution in [3.8, 4) is 11.5 Å². The predicted octanol–water partition coefficient (Wildman–Crippen LogP) is 4.41. The Labute approximate surface area is 216 Å². The molecule has 0 atom stereocenters. The van der Waals surface area contributed by atoms with Crippen LogP contribution in [0.25, 0.3) is 6.08 Å². The van der Waals surface area contributed by atoms with Crippen molar-refractivity contribution in [2.45, 2.75) is 6.61 Å². The van der Waals surface area contributed by atoms with Gasteiger partial charge in [-0.2, -0.15) is 0 Å². The van der Waals surface area contributed by atoms with E-state index in [9.17, 15) is 14.4 Å². The summed E-state index contributed by atoms with van der Waals surface area (Å²) in [5, 5.41) is 5.20. The van der Waals surface area contributed by atoms with Gasteiger partial charge in [0.15, 0.2) is 0 Å². The second-order valence-corrected chi connectivity index (χ2v) is 8.83. The summed E-state index contributed by atoms with van der Waals surface area (Å²) in [7, 11) is 1.49. The van der Waals surface area contributed by atoms with Crippen molar-refractivity contribution in [1.82, 2.24) is 10.2 Å². The Morgan fingerprint density at radius 1 is 1.00 bits per heavy atom. The Hall–Kier alpha value is -3.86. The van der Waals surface area contributed by atoms with E-state index in [4.69, 9.17) is 9.47 Å². The van der Waals surface area contributed by atoms with Crippen molar-refractivity contribution in [1.29, 1.82) is 0 Å². The summed E-state index contributed by atoms with van der Waals surface area (Å²) in [6, 6.07) is 21.4. The van der Waals surface area contributed by atoms with Crippen molar-refractivity contribution in [3.63, 3.8) is 0 Å². The molecule has 178 valence electrons. The van der Waals surface area contributed by atoms with Crippen molar-refractivity contribution in [2.75, 3.05) is 19.0 Å². The number of amides is 4.